The number of aliphatic carboxylic acids is 2. The van der Waals surface area contributed by atoms with Crippen molar-refractivity contribution in [1.82, 2.24) is 4.90 Å². The fraction of sp³-hybridized carbons (Fsp3) is 0.571. The van der Waals surface area contributed by atoms with Gasteiger partial charge in [0.05, 0.1) is 6.04 Å². The number of aliphatic hydroxyl groups is 2. The average molecular weight is 425 g/mol. The maximum absolute atomic E-state index is 11.9. The van der Waals surface area contributed by atoms with Crippen LogP contribution in [-0.2, 0) is 24.7 Å². The molecular formula is C21H31NO8. The number of carbonyl (C=O) groups is 3. The number of carboxylic acids is 2. The molecule has 30 heavy (non-hydrogen) atoms. The van der Waals surface area contributed by atoms with E-state index in [1.54, 1.807) is 0 Å². The van der Waals surface area contributed by atoms with Crippen molar-refractivity contribution in [3.8, 4) is 0 Å². The van der Waals surface area contributed by atoms with Gasteiger partial charge in [0.25, 0.3) is 0 Å². The molecule has 9 heteroatoms. The number of carboxylic acid groups (broad SMARTS) is 2. The fourth-order valence-electron chi connectivity index (χ4n) is 3.52. The van der Waals surface area contributed by atoms with Gasteiger partial charge in [-0.2, -0.15) is 0 Å². The molecule has 0 aromatic heterocycles. The van der Waals surface area contributed by atoms with Crippen LogP contribution in [-0.4, -0.2) is 74.1 Å². The minimum Gasteiger partial charge on any atom is -0.479 e. The third-order valence-electron chi connectivity index (χ3n) is 5.23. The molecule has 1 fully saturated rings. The fourth-order valence-corrected chi connectivity index (χ4v) is 3.52. The lowest BCUT2D eigenvalue weighted by atomic mass is 9.86. The number of hydrogen-bond donors (Lipinski definition) is 4. The van der Waals surface area contributed by atoms with Crippen molar-refractivity contribution >= 4 is 17.9 Å². The van der Waals surface area contributed by atoms with E-state index >= 15 is 0 Å². The molecule has 0 saturated carbocycles. The van der Waals surface area contributed by atoms with Crippen LogP contribution in [0, 0.1) is 0 Å². The normalized spacial score (nSPS) is 23.2. The molecule has 9 nitrogen and oxygen atoms in total. The van der Waals surface area contributed by atoms with Crippen LogP contribution in [0.4, 0.5) is 0 Å². The number of carbonyl (C=O) groups excluding carboxylic acids is 1. The first-order valence-electron chi connectivity index (χ1n) is 9.82. The van der Waals surface area contributed by atoms with Gasteiger partial charge in [-0.1, -0.05) is 37.3 Å². The molecule has 0 radical (unpaired) electrons. The monoisotopic (exact) mass is 425 g/mol. The van der Waals surface area contributed by atoms with E-state index in [1.165, 1.54) is 0 Å². The van der Waals surface area contributed by atoms with E-state index in [1.807, 2.05) is 25.1 Å². The molecule has 1 heterocycles. The van der Waals surface area contributed by atoms with Crippen molar-refractivity contribution in [2.45, 2.75) is 70.4 Å². The summed E-state index contributed by atoms with van der Waals surface area (Å²) in [5.74, 6) is -3.66. The Balaban J connectivity index is 0.000000382. The minimum atomic E-state index is -2.27. The highest BCUT2D eigenvalue weighted by Gasteiger charge is 2.49. The molecule has 2 rings (SSSR count). The smallest absolute Gasteiger partial charge is 0.335 e. The van der Waals surface area contributed by atoms with Crippen LogP contribution in [0.2, 0.25) is 0 Å². The van der Waals surface area contributed by atoms with E-state index in [4.69, 9.17) is 25.2 Å². The van der Waals surface area contributed by atoms with E-state index < -0.39 is 29.7 Å². The maximum atomic E-state index is 11.9. The van der Waals surface area contributed by atoms with Gasteiger partial charge in [-0.3, -0.25) is 9.69 Å². The Morgan fingerprint density at radius 3 is 1.97 bits per heavy atom. The highest BCUT2D eigenvalue weighted by molar-refractivity contribution is 5.83. The Morgan fingerprint density at radius 1 is 1.10 bits per heavy atom. The molecule has 4 N–H and O–H groups in total. The SMILES string of the molecule is CCC(=O)OC1(c2ccccc2)CCN(C(C)C)C1C.O=C(O)[C@H](O)[C@@H](O)C(=O)O. The van der Waals surface area contributed by atoms with Crippen LogP contribution in [0.5, 0.6) is 0 Å². The molecule has 1 aromatic carbocycles. The summed E-state index contributed by atoms with van der Waals surface area (Å²) in [6.07, 6.45) is -3.25. The Morgan fingerprint density at radius 2 is 1.60 bits per heavy atom. The first-order chi connectivity index (χ1) is 14.0. The van der Waals surface area contributed by atoms with E-state index in [0.29, 0.717) is 12.5 Å². The Hall–Kier alpha value is -2.49. The molecule has 1 aliphatic rings. The number of rotatable bonds is 7. The van der Waals surface area contributed by atoms with E-state index in [2.05, 4.69) is 37.8 Å². The van der Waals surface area contributed by atoms with Gasteiger partial charge in [0.1, 0.15) is 0 Å². The van der Waals surface area contributed by atoms with Gasteiger partial charge in [0.15, 0.2) is 17.8 Å². The first-order valence-corrected chi connectivity index (χ1v) is 9.82. The molecule has 4 atom stereocenters. The van der Waals surface area contributed by atoms with Crippen LogP contribution < -0.4 is 0 Å². The summed E-state index contributed by atoms with van der Waals surface area (Å²) in [5.41, 5.74) is 0.607. The van der Waals surface area contributed by atoms with Crippen molar-refractivity contribution in [2.75, 3.05) is 6.54 Å². The second kappa shape index (κ2) is 11.1. The number of likely N-dealkylation sites (tertiary alicyclic amines) is 1. The van der Waals surface area contributed by atoms with Gasteiger partial charge in [-0.05, 0) is 26.3 Å². The van der Waals surface area contributed by atoms with Crippen molar-refractivity contribution in [1.29, 1.82) is 0 Å². The average Bonchev–Trinajstić information content (AvgIpc) is 3.05. The molecule has 1 aromatic rings. The largest absolute Gasteiger partial charge is 0.479 e. The number of benzene rings is 1. The summed E-state index contributed by atoms with van der Waals surface area (Å²) >= 11 is 0. The lowest BCUT2D eigenvalue weighted by Crippen LogP contribution is -2.45. The van der Waals surface area contributed by atoms with Gasteiger partial charge in [0.2, 0.25) is 0 Å². The number of nitrogens with zero attached hydrogens (tertiary/aromatic N) is 1. The van der Waals surface area contributed by atoms with Crippen LogP contribution in [0.3, 0.4) is 0 Å². The van der Waals surface area contributed by atoms with Crippen molar-refractivity contribution < 1.29 is 39.5 Å². The summed E-state index contributed by atoms with van der Waals surface area (Å²) in [6, 6.07) is 10.8. The number of esters is 1. The lowest BCUT2D eigenvalue weighted by molar-refractivity contribution is -0.165. The van der Waals surface area contributed by atoms with Gasteiger partial charge >= 0.3 is 17.9 Å². The quantitative estimate of drug-likeness (QED) is 0.474. The zero-order chi connectivity index (χ0) is 23.1. The standard InChI is InChI=1S/C17H25NO2.C4H6O6/c1-5-16(19)20-17(15-9-7-6-8-10-15)11-12-18(13(2)3)14(17)4;5-1(3(7)8)2(6)4(9)10/h6-10,13-14H,5,11-12H2,1-4H3;1-2,5-6H,(H,7,8)(H,9,10)/t;1-,2-/m.1/s1. The summed E-state index contributed by atoms with van der Waals surface area (Å²) < 4.78 is 5.95. The van der Waals surface area contributed by atoms with Crippen molar-refractivity contribution in [3.63, 3.8) is 0 Å². The highest BCUT2D eigenvalue weighted by Crippen LogP contribution is 2.42. The van der Waals surface area contributed by atoms with Crippen molar-refractivity contribution in [2.24, 2.45) is 0 Å². The molecule has 0 amide bonds. The summed E-state index contributed by atoms with van der Waals surface area (Å²) in [4.78, 5) is 33.9. The molecule has 0 spiro atoms. The summed E-state index contributed by atoms with van der Waals surface area (Å²) in [5, 5.41) is 32.5. The predicted molar refractivity (Wildman–Crippen MR) is 108 cm³/mol. The lowest BCUT2D eigenvalue weighted by Gasteiger charge is -2.37. The topological polar surface area (TPSA) is 145 Å². The molecule has 1 saturated heterocycles. The second-order valence-electron chi connectivity index (χ2n) is 7.41. The van der Waals surface area contributed by atoms with Gasteiger partial charge in [-0.15, -0.1) is 0 Å². The summed E-state index contributed by atoms with van der Waals surface area (Å²) in [7, 11) is 0. The van der Waals surface area contributed by atoms with Gasteiger partial charge in [-0.25, -0.2) is 9.59 Å². The van der Waals surface area contributed by atoms with E-state index in [-0.39, 0.29) is 12.0 Å². The highest BCUT2D eigenvalue weighted by atomic mass is 16.6. The maximum Gasteiger partial charge on any atom is 0.335 e. The van der Waals surface area contributed by atoms with Crippen molar-refractivity contribution in [3.05, 3.63) is 35.9 Å². The van der Waals surface area contributed by atoms with Crippen LogP contribution in [0.25, 0.3) is 0 Å². The Kier molecular flexibility index (Phi) is 9.41. The van der Waals surface area contributed by atoms with Crippen LogP contribution in [0.15, 0.2) is 30.3 Å². The summed E-state index contributed by atoms with van der Waals surface area (Å²) in [6.45, 7) is 9.37. The third kappa shape index (κ3) is 6.01. The molecular weight excluding hydrogens is 394 g/mol. The van der Waals surface area contributed by atoms with Gasteiger partial charge in [0, 0.05) is 25.4 Å². The molecule has 0 bridgehead atoms. The molecule has 168 valence electrons. The van der Waals surface area contributed by atoms with Gasteiger partial charge < -0.3 is 25.2 Å². The molecule has 1 aliphatic heterocycles. The minimum absolute atomic E-state index is 0.119. The number of hydrogen-bond acceptors (Lipinski definition) is 7. The third-order valence-corrected chi connectivity index (χ3v) is 5.23. The molecule has 2 unspecified atom stereocenters. The van der Waals surface area contributed by atoms with E-state index in [0.717, 1.165) is 18.5 Å². The molecule has 0 aliphatic carbocycles. The van der Waals surface area contributed by atoms with E-state index in [9.17, 15) is 14.4 Å². The van der Waals surface area contributed by atoms with Crippen LogP contribution in [0.1, 0.15) is 46.1 Å². The number of ether oxygens (including phenoxy) is 1. The predicted octanol–water partition coefficient (Wildman–Crippen LogP) is 1.22. The zero-order valence-corrected chi connectivity index (χ0v) is 17.7. The zero-order valence-electron chi connectivity index (χ0n) is 17.7. The van der Waals surface area contributed by atoms with Crippen LogP contribution >= 0.6 is 0 Å². The first kappa shape index (κ1) is 25.5. The second-order valence-corrected chi connectivity index (χ2v) is 7.41. The number of aliphatic hydroxyl groups excluding tert-OH is 2. The Bertz CT molecular complexity index is 705. The Labute approximate surface area is 175 Å².